The van der Waals surface area contributed by atoms with E-state index in [9.17, 15) is 9.59 Å². The van der Waals surface area contributed by atoms with Crippen LogP contribution in [-0.2, 0) is 11.3 Å². The highest BCUT2D eigenvalue weighted by Crippen LogP contribution is 2.21. The molecule has 0 aromatic carbocycles. The number of nitrogens with two attached hydrogens (primary N) is 1. The number of nitrogens with one attached hydrogen (secondary N) is 2. The van der Waals surface area contributed by atoms with Crippen molar-refractivity contribution in [1.29, 1.82) is 0 Å². The van der Waals surface area contributed by atoms with Crippen LogP contribution in [0.1, 0.15) is 12.8 Å². The number of aromatic nitrogens is 2. The number of hydrogen-bond donors (Lipinski definition) is 3. The van der Waals surface area contributed by atoms with Crippen molar-refractivity contribution in [3.8, 4) is 0 Å². The minimum absolute atomic E-state index is 0.145. The molecule has 0 fully saturated rings. The Morgan fingerprint density at radius 3 is 2.76 bits per heavy atom. The van der Waals surface area contributed by atoms with Gasteiger partial charge in [-0.2, -0.15) is 0 Å². The van der Waals surface area contributed by atoms with Crippen LogP contribution in [0.2, 0.25) is 0 Å². The fraction of sp³-hybridized carbons (Fsp3) is 0.500. The van der Waals surface area contributed by atoms with E-state index in [1.807, 2.05) is 0 Å². The van der Waals surface area contributed by atoms with Gasteiger partial charge in [-0.1, -0.05) is 11.8 Å². The van der Waals surface area contributed by atoms with E-state index in [-0.39, 0.29) is 11.8 Å². The van der Waals surface area contributed by atoms with Crippen molar-refractivity contribution in [1.82, 2.24) is 20.8 Å². The lowest BCUT2D eigenvalue weighted by atomic mass is 10.4. The molecule has 1 unspecified atom stereocenters. The second-order valence-electron chi connectivity index (χ2n) is 2.99. The highest BCUT2D eigenvalue weighted by Gasteiger charge is 2.19. The van der Waals surface area contributed by atoms with Gasteiger partial charge >= 0.3 is 6.03 Å². The molecule has 1 rings (SSSR count). The monoisotopic (exact) mass is 259 g/mol. The van der Waals surface area contributed by atoms with Crippen LogP contribution in [0.3, 0.4) is 0 Å². The minimum atomic E-state index is -0.560. The topological polar surface area (TPSA) is 123 Å². The maximum Gasteiger partial charge on any atom is 0.321 e. The molecule has 8 nitrogen and oxygen atoms in total. The van der Waals surface area contributed by atoms with Crippen LogP contribution in [0.25, 0.3) is 0 Å². The zero-order valence-corrected chi connectivity index (χ0v) is 10.2. The largest absolute Gasteiger partial charge is 0.415 e. The van der Waals surface area contributed by atoms with E-state index in [2.05, 4.69) is 20.8 Å². The molecule has 0 aliphatic rings. The van der Waals surface area contributed by atoms with Gasteiger partial charge in [0.2, 0.25) is 11.8 Å². The maximum absolute atomic E-state index is 11.5. The highest BCUT2D eigenvalue weighted by molar-refractivity contribution is 8.00. The second kappa shape index (κ2) is 6.21. The molecule has 0 saturated heterocycles. The third-order valence-electron chi connectivity index (χ3n) is 1.73. The number of carbonyl (C=O) groups is 2. The lowest BCUT2D eigenvalue weighted by Gasteiger charge is -2.07. The standard InChI is InChI=1S/C8H13N5O3S/c1-4(6(14)11-7(15)10-2)17-8-13-12-5(3-9)16-8/h4H,3,9H2,1-2H3,(H2,10,11,14,15). The van der Waals surface area contributed by atoms with Gasteiger partial charge in [0.05, 0.1) is 11.8 Å². The molecule has 1 heterocycles. The predicted octanol–water partition coefficient (Wildman–Crippen LogP) is -0.536. The minimum Gasteiger partial charge on any atom is -0.415 e. The fourth-order valence-electron chi connectivity index (χ4n) is 0.849. The van der Waals surface area contributed by atoms with Gasteiger partial charge in [-0.25, -0.2) is 4.79 Å². The van der Waals surface area contributed by atoms with Crippen molar-refractivity contribution >= 4 is 23.7 Å². The smallest absolute Gasteiger partial charge is 0.321 e. The molecule has 0 saturated carbocycles. The van der Waals surface area contributed by atoms with Crippen LogP contribution in [-0.4, -0.2) is 34.4 Å². The molecule has 4 N–H and O–H groups in total. The maximum atomic E-state index is 11.5. The normalized spacial score (nSPS) is 11.9. The second-order valence-corrected chi connectivity index (χ2v) is 4.29. The average Bonchev–Trinajstić information content (AvgIpc) is 2.76. The first kappa shape index (κ1) is 13.5. The SMILES string of the molecule is CNC(=O)NC(=O)C(C)Sc1nnc(CN)o1. The number of hydrogen-bond acceptors (Lipinski definition) is 7. The number of amides is 3. The first-order valence-corrected chi connectivity index (χ1v) is 5.66. The van der Waals surface area contributed by atoms with Crippen LogP contribution in [0, 0.1) is 0 Å². The Hall–Kier alpha value is -1.61. The molecule has 0 aliphatic heterocycles. The number of nitrogens with zero attached hydrogens (tertiary/aromatic N) is 2. The van der Waals surface area contributed by atoms with Crippen molar-refractivity contribution in [2.45, 2.75) is 23.9 Å². The van der Waals surface area contributed by atoms with Crippen molar-refractivity contribution < 1.29 is 14.0 Å². The summed E-state index contributed by atoms with van der Waals surface area (Å²) in [4.78, 5) is 22.4. The zero-order chi connectivity index (χ0) is 12.8. The van der Waals surface area contributed by atoms with Gasteiger partial charge < -0.3 is 15.5 Å². The quantitative estimate of drug-likeness (QED) is 0.621. The highest BCUT2D eigenvalue weighted by atomic mass is 32.2. The number of urea groups is 1. The Morgan fingerprint density at radius 1 is 1.53 bits per heavy atom. The Balaban J connectivity index is 2.50. The van der Waals surface area contributed by atoms with E-state index < -0.39 is 17.2 Å². The molecule has 0 radical (unpaired) electrons. The fourth-order valence-corrected chi connectivity index (χ4v) is 1.55. The summed E-state index contributed by atoms with van der Waals surface area (Å²) in [6.45, 7) is 1.77. The molecular weight excluding hydrogens is 246 g/mol. The summed E-state index contributed by atoms with van der Waals surface area (Å²) in [7, 11) is 1.42. The summed E-state index contributed by atoms with van der Waals surface area (Å²) < 4.78 is 5.12. The van der Waals surface area contributed by atoms with Gasteiger partial charge in [-0.15, -0.1) is 10.2 Å². The average molecular weight is 259 g/mol. The molecule has 17 heavy (non-hydrogen) atoms. The summed E-state index contributed by atoms with van der Waals surface area (Å²) in [5, 5.41) is 11.5. The lowest BCUT2D eigenvalue weighted by Crippen LogP contribution is -2.41. The number of rotatable bonds is 4. The molecule has 1 atom stereocenters. The summed E-state index contributed by atoms with van der Waals surface area (Å²) in [6, 6.07) is -0.560. The number of thioether (sulfide) groups is 1. The molecule has 0 aliphatic carbocycles. The molecule has 1 aromatic heterocycles. The van der Waals surface area contributed by atoms with Crippen molar-refractivity contribution in [3.05, 3.63) is 5.89 Å². The van der Waals surface area contributed by atoms with E-state index in [0.29, 0.717) is 5.89 Å². The van der Waals surface area contributed by atoms with Crippen LogP contribution in [0.5, 0.6) is 0 Å². The Bertz CT molecular complexity index is 408. The summed E-state index contributed by atoms with van der Waals surface area (Å²) in [5.41, 5.74) is 5.30. The third kappa shape index (κ3) is 4.04. The Morgan fingerprint density at radius 2 is 2.24 bits per heavy atom. The molecule has 1 aromatic rings. The molecule has 9 heteroatoms. The van der Waals surface area contributed by atoms with E-state index in [4.69, 9.17) is 10.2 Å². The molecule has 0 spiro atoms. The van der Waals surface area contributed by atoms with Gasteiger partial charge in [0.15, 0.2) is 0 Å². The first-order chi connectivity index (χ1) is 8.06. The third-order valence-corrected chi connectivity index (χ3v) is 2.67. The van der Waals surface area contributed by atoms with Crippen LogP contribution < -0.4 is 16.4 Å². The molecule has 0 bridgehead atoms. The summed E-state index contributed by atoms with van der Waals surface area (Å²) in [5.74, 6) is -0.145. The molecule has 3 amide bonds. The summed E-state index contributed by atoms with van der Waals surface area (Å²) in [6.07, 6.45) is 0. The van der Waals surface area contributed by atoms with Crippen molar-refractivity contribution in [2.75, 3.05) is 7.05 Å². The number of carbonyl (C=O) groups excluding carboxylic acids is 2. The Kier molecular flexibility index (Phi) is 4.91. The summed E-state index contributed by atoms with van der Waals surface area (Å²) >= 11 is 1.05. The lowest BCUT2D eigenvalue weighted by molar-refractivity contribution is -0.119. The van der Waals surface area contributed by atoms with Crippen LogP contribution in [0.4, 0.5) is 4.79 Å². The van der Waals surface area contributed by atoms with Gasteiger partial charge in [0, 0.05) is 7.05 Å². The van der Waals surface area contributed by atoms with Gasteiger partial charge in [-0.3, -0.25) is 10.1 Å². The van der Waals surface area contributed by atoms with Crippen molar-refractivity contribution in [2.24, 2.45) is 5.73 Å². The van der Waals surface area contributed by atoms with Gasteiger partial charge in [-0.05, 0) is 6.92 Å². The van der Waals surface area contributed by atoms with Gasteiger partial charge in [0.25, 0.3) is 5.22 Å². The van der Waals surface area contributed by atoms with E-state index in [1.165, 1.54) is 7.05 Å². The van der Waals surface area contributed by atoms with Gasteiger partial charge in [0.1, 0.15) is 0 Å². The molecule has 94 valence electrons. The van der Waals surface area contributed by atoms with Crippen molar-refractivity contribution in [3.63, 3.8) is 0 Å². The Labute approximate surface area is 102 Å². The zero-order valence-electron chi connectivity index (χ0n) is 9.39. The van der Waals surface area contributed by atoms with Crippen LogP contribution in [0.15, 0.2) is 9.64 Å². The molecular formula is C8H13N5O3S. The van der Waals surface area contributed by atoms with E-state index in [1.54, 1.807) is 6.92 Å². The first-order valence-electron chi connectivity index (χ1n) is 4.78. The predicted molar refractivity (Wildman–Crippen MR) is 60.1 cm³/mol. The number of imide groups is 1. The van der Waals surface area contributed by atoms with E-state index >= 15 is 0 Å². The van der Waals surface area contributed by atoms with Crippen LogP contribution >= 0.6 is 11.8 Å². The van der Waals surface area contributed by atoms with E-state index in [0.717, 1.165) is 11.8 Å².